The number of hydrogen-bond acceptors (Lipinski definition) is 4. The predicted octanol–water partition coefficient (Wildman–Crippen LogP) is 1.59. The minimum absolute atomic E-state index is 0.0650. The smallest absolute Gasteiger partial charge is 0.238 e. The van der Waals surface area contributed by atoms with Crippen LogP contribution in [-0.2, 0) is 27.8 Å². The van der Waals surface area contributed by atoms with Gasteiger partial charge in [0.05, 0.1) is 12.0 Å². The average molecular weight is 348 g/mol. The van der Waals surface area contributed by atoms with E-state index in [1.54, 1.807) is 19.2 Å². The Bertz CT molecular complexity index is 784. The molecule has 0 aromatic heterocycles. The van der Waals surface area contributed by atoms with Crippen molar-refractivity contribution in [3.05, 3.63) is 59.7 Å². The summed E-state index contributed by atoms with van der Waals surface area (Å²) in [6, 6.07) is 13.7. The van der Waals surface area contributed by atoms with Gasteiger partial charge in [-0.25, -0.2) is 13.6 Å². The highest BCUT2D eigenvalue weighted by Gasteiger charge is 2.07. The quantitative estimate of drug-likeness (QED) is 0.794. The van der Waals surface area contributed by atoms with Gasteiger partial charge < -0.3 is 10.1 Å². The van der Waals surface area contributed by atoms with Crippen molar-refractivity contribution in [2.75, 3.05) is 7.11 Å². The van der Waals surface area contributed by atoms with Gasteiger partial charge in [-0.2, -0.15) is 0 Å². The lowest BCUT2D eigenvalue weighted by Gasteiger charge is -2.07. The third-order valence-corrected chi connectivity index (χ3v) is 4.47. The van der Waals surface area contributed by atoms with Crippen molar-refractivity contribution in [2.45, 2.75) is 24.3 Å². The molecule has 0 saturated heterocycles. The highest BCUT2D eigenvalue weighted by atomic mass is 32.2. The number of ether oxygens (including phenoxy) is 1. The number of hydrogen-bond donors (Lipinski definition) is 2. The van der Waals surface area contributed by atoms with Crippen LogP contribution in [0.15, 0.2) is 53.4 Å². The Hall–Kier alpha value is -2.38. The van der Waals surface area contributed by atoms with E-state index in [1.165, 1.54) is 12.1 Å². The molecule has 0 fully saturated rings. The lowest BCUT2D eigenvalue weighted by Crippen LogP contribution is -2.23. The van der Waals surface area contributed by atoms with Crippen LogP contribution >= 0.6 is 0 Å². The predicted molar refractivity (Wildman–Crippen MR) is 91.0 cm³/mol. The molecule has 0 bridgehead atoms. The van der Waals surface area contributed by atoms with Crippen molar-refractivity contribution in [2.24, 2.45) is 5.14 Å². The Kier molecular flexibility index (Phi) is 5.94. The molecule has 0 saturated carbocycles. The van der Waals surface area contributed by atoms with Crippen LogP contribution < -0.4 is 15.2 Å². The summed E-state index contributed by atoms with van der Waals surface area (Å²) in [4.78, 5) is 12.0. The van der Waals surface area contributed by atoms with Gasteiger partial charge in [0.15, 0.2) is 0 Å². The van der Waals surface area contributed by atoms with Crippen molar-refractivity contribution in [1.82, 2.24) is 5.32 Å². The van der Waals surface area contributed by atoms with Gasteiger partial charge in [-0.1, -0.05) is 24.3 Å². The number of benzene rings is 2. The first kappa shape index (κ1) is 18.0. The Morgan fingerprint density at radius 2 is 1.62 bits per heavy atom. The second kappa shape index (κ2) is 7.94. The minimum Gasteiger partial charge on any atom is -0.497 e. The number of carbonyl (C=O) groups excluding carboxylic acids is 1. The zero-order chi connectivity index (χ0) is 17.6. The number of carbonyl (C=O) groups is 1. The van der Waals surface area contributed by atoms with Gasteiger partial charge in [-0.15, -0.1) is 0 Å². The maximum atomic E-state index is 11.9. The third kappa shape index (κ3) is 5.36. The molecule has 128 valence electrons. The van der Waals surface area contributed by atoms with Crippen LogP contribution in [0.5, 0.6) is 5.75 Å². The van der Waals surface area contributed by atoms with Gasteiger partial charge >= 0.3 is 0 Å². The molecule has 0 spiro atoms. The van der Waals surface area contributed by atoms with Crippen LogP contribution in [0, 0.1) is 0 Å². The van der Waals surface area contributed by atoms with Crippen LogP contribution in [-0.4, -0.2) is 21.4 Å². The molecule has 24 heavy (non-hydrogen) atoms. The van der Waals surface area contributed by atoms with Gasteiger partial charge in [-0.05, 0) is 41.8 Å². The van der Waals surface area contributed by atoms with Gasteiger partial charge in [0.1, 0.15) is 5.75 Å². The SMILES string of the molecule is COc1ccc(CNC(=O)CCc2ccc(S(N)(=O)=O)cc2)cc1. The van der Waals surface area contributed by atoms with E-state index in [9.17, 15) is 13.2 Å². The van der Waals surface area contributed by atoms with Gasteiger partial charge in [0, 0.05) is 13.0 Å². The summed E-state index contributed by atoms with van der Waals surface area (Å²) >= 11 is 0. The molecule has 3 N–H and O–H groups in total. The Balaban J connectivity index is 1.80. The van der Waals surface area contributed by atoms with E-state index in [0.717, 1.165) is 16.9 Å². The summed E-state index contributed by atoms with van der Waals surface area (Å²) in [6.07, 6.45) is 0.851. The average Bonchev–Trinajstić information content (AvgIpc) is 2.58. The number of rotatable bonds is 7. The van der Waals surface area contributed by atoms with Crippen molar-refractivity contribution in [3.8, 4) is 5.75 Å². The Morgan fingerprint density at radius 1 is 1.04 bits per heavy atom. The number of sulfonamides is 1. The van der Waals surface area contributed by atoms with E-state index in [2.05, 4.69) is 5.32 Å². The number of nitrogens with two attached hydrogens (primary N) is 1. The van der Waals surface area contributed by atoms with Crippen LogP contribution in [0.2, 0.25) is 0 Å². The molecule has 0 heterocycles. The molecule has 0 atom stereocenters. The summed E-state index contributed by atoms with van der Waals surface area (Å²) in [7, 11) is -2.08. The molecule has 0 aliphatic heterocycles. The fourth-order valence-electron chi connectivity index (χ4n) is 2.14. The van der Waals surface area contributed by atoms with Crippen molar-refractivity contribution in [3.63, 3.8) is 0 Å². The molecule has 0 aliphatic carbocycles. The summed E-state index contributed by atoms with van der Waals surface area (Å²) in [5.41, 5.74) is 1.86. The van der Waals surface area contributed by atoms with Crippen molar-refractivity contribution < 1.29 is 17.9 Å². The maximum absolute atomic E-state index is 11.9. The van der Waals surface area contributed by atoms with Crippen LogP contribution in [0.25, 0.3) is 0 Å². The van der Waals surface area contributed by atoms with Crippen LogP contribution in [0.4, 0.5) is 0 Å². The molecular weight excluding hydrogens is 328 g/mol. The molecule has 7 heteroatoms. The van der Waals surface area contributed by atoms with E-state index in [1.807, 2.05) is 24.3 Å². The van der Waals surface area contributed by atoms with Gasteiger partial charge in [-0.3, -0.25) is 4.79 Å². The summed E-state index contributed by atoms with van der Waals surface area (Å²) in [5.74, 6) is 0.703. The highest BCUT2D eigenvalue weighted by Crippen LogP contribution is 2.12. The Morgan fingerprint density at radius 3 is 2.17 bits per heavy atom. The second-order valence-electron chi connectivity index (χ2n) is 5.31. The van der Waals surface area contributed by atoms with E-state index >= 15 is 0 Å². The zero-order valence-corrected chi connectivity index (χ0v) is 14.2. The molecule has 0 unspecified atom stereocenters. The fourth-order valence-corrected chi connectivity index (χ4v) is 2.65. The van der Waals surface area contributed by atoms with Crippen molar-refractivity contribution in [1.29, 1.82) is 0 Å². The number of nitrogens with one attached hydrogen (secondary N) is 1. The molecule has 0 radical (unpaired) electrons. The van der Waals surface area contributed by atoms with E-state index in [0.29, 0.717) is 19.4 Å². The molecule has 1 amide bonds. The summed E-state index contributed by atoms with van der Waals surface area (Å²) < 4.78 is 27.4. The molecule has 6 nitrogen and oxygen atoms in total. The van der Waals surface area contributed by atoms with E-state index in [4.69, 9.17) is 9.88 Å². The molecule has 2 rings (SSSR count). The lowest BCUT2D eigenvalue weighted by atomic mass is 10.1. The van der Waals surface area contributed by atoms with E-state index < -0.39 is 10.0 Å². The highest BCUT2D eigenvalue weighted by molar-refractivity contribution is 7.89. The fraction of sp³-hybridized carbons (Fsp3) is 0.235. The monoisotopic (exact) mass is 348 g/mol. The second-order valence-corrected chi connectivity index (χ2v) is 6.88. The number of primary sulfonamides is 1. The molecule has 2 aromatic carbocycles. The first-order valence-electron chi connectivity index (χ1n) is 7.40. The molecule has 2 aromatic rings. The first-order chi connectivity index (χ1) is 11.4. The van der Waals surface area contributed by atoms with Crippen molar-refractivity contribution >= 4 is 15.9 Å². The normalized spacial score (nSPS) is 11.1. The number of aryl methyl sites for hydroxylation is 1. The zero-order valence-electron chi connectivity index (χ0n) is 13.4. The number of amides is 1. The van der Waals surface area contributed by atoms with Crippen LogP contribution in [0.3, 0.4) is 0 Å². The maximum Gasteiger partial charge on any atom is 0.238 e. The molecular formula is C17H20N2O4S. The van der Waals surface area contributed by atoms with Crippen LogP contribution in [0.1, 0.15) is 17.5 Å². The topological polar surface area (TPSA) is 98.5 Å². The molecule has 0 aliphatic rings. The summed E-state index contributed by atoms with van der Waals surface area (Å²) in [5, 5.41) is 7.89. The number of methoxy groups -OCH3 is 1. The van der Waals surface area contributed by atoms with Gasteiger partial charge in [0.25, 0.3) is 0 Å². The standard InChI is InChI=1S/C17H20N2O4S/c1-23-15-7-2-14(3-8-15)12-19-17(20)11-6-13-4-9-16(10-5-13)24(18,21)22/h2-5,7-10H,6,11-12H2,1H3,(H,19,20)(H2,18,21,22). The van der Waals surface area contributed by atoms with Gasteiger partial charge in [0.2, 0.25) is 15.9 Å². The third-order valence-electron chi connectivity index (χ3n) is 3.54. The largest absolute Gasteiger partial charge is 0.497 e. The summed E-state index contributed by atoms with van der Waals surface area (Å²) in [6.45, 7) is 0.452. The first-order valence-corrected chi connectivity index (χ1v) is 8.94. The van der Waals surface area contributed by atoms with E-state index in [-0.39, 0.29) is 10.8 Å². The Labute approximate surface area is 141 Å². The lowest BCUT2D eigenvalue weighted by molar-refractivity contribution is -0.121. The minimum atomic E-state index is -3.68.